The number of likely N-dealkylation sites (N-methyl/N-ethyl adjacent to an activating group) is 2. The molecule has 0 aliphatic carbocycles. The fourth-order valence-electron chi connectivity index (χ4n) is 2.52. The number of hydrogen-bond donors (Lipinski definition) is 2. The van der Waals surface area contributed by atoms with Gasteiger partial charge in [0.25, 0.3) is 0 Å². The highest BCUT2D eigenvalue weighted by atomic mass is 35.5. The van der Waals surface area contributed by atoms with Crippen LogP contribution >= 0.6 is 11.6 Å². The van der Waals surface area contributed by atoms with Crippen LogP contribution in [0.4, 0.5) is 0 Å². The molecule has 0 radical (unpaired) electrons. The average molecular weight is 297 g/mol. The summed E-state index contributed by atoms with van der Waals surface area (Å²) in [6.07, 6.45) is -0.208. The molecule has 110 valence electrons. The van der Waals surface area contributed by atoms with E-state index in [-0.39, 0.29) is 6.23 Å². The Balaban J connectivity index is 2.59. The molecule has 20 heavy (non-hydrogen) atoms. The molecule has 0 fully saturated rings. The minimum atomic E-state index is -0.208. The van der Waals surface area contributed by atoms with Crippen LogP contribution in [0.2, 0.25) is 0 Å². The Kier molecular flexibility index (Phi) is 3.99. The van der Waals surface area contributed by atoms with Crippen molar-refractivity contribution in [1.82, 2.24) is 10.2 Å². The first-order valence-electron chi connectivity index (χ1n) is 6.63. The van der Waals surface area contributed by atoms with E-state index in [1.54, 1.807) is 0 Å². The maximum Gasteiger partial charge on any atom is 0.201 e. The van der Waals surface area contributed by atoms with Crippen molar-refractivity contribution in [2.75, 3.05) is 20.6 Å². The van der Waals surface area contributed by atoms with Gasteiger partial charge in [-0.2, -0.15) is 0 Å². The van der Waals surface area contributed by atoms with Gasteiger partial charge in [-0.3, -0.25) is 4.99 Å². The molecule has 2 rings (SSSR count). The van der Waals surface area contributed by atoms with Crippen molar-refractivity contribution in [2.45, 2.75) is 27.0 Å². The number of allylic oxidation sites excluding steroid dienone is 3. The summed E-state index contributed by atoms with van der Waals surface area (Å²) in [6.45, 7) is 6.53. The third-order valence-corrected chi connectivity index (χ3v) is 4.27. The van der Waals surface area contributed by atoms with E-state index < -0.39 is 0 Å². The molecule has 0 aromatic carbocycles. The Morgan fingerprint density at radius 2 is 2.15 bits per heavy atom. The van der Waals surface area contributed by atoms with Crippen molar-refractivity contribution < 1.29 is 4.74 Å². The van der Waals surface area contributed by atoms with Gasteiger partial charge in [-0.15, -0.1) is 0 Å². The molecule has 3 N–H and O–H groups in total. The van der Waals surface area contributed by atoms with Crippen LogP contribution in [0.15, 0.2) is 38.3 Å². The molecule has 1 atom stereocenters. The molecule has 2 aliphatic rings. The van der Waals surface area contributed by atoms with E-state index in [2.05, 4.69) is 10.3 Å². The van der Waals surface area contributed by atoms with Crippen molar-refractivity contribution in [3.05, 3.63) is 33.3 Å². The quantitative estimate of drug-likeness (QED) is 0.617. The third-order valence-electron chi connectivity index (χ3n) is 3.72. The fourth-order valence-corrected chi connectivity index (χ4v) is 2.75. The normalized spacial score (nSPS) is 23.4. The number of nitrogens with zero attached hydrogens (tertiary/aromatic N) is 2. The summed E-state index contributed by atoms with van der Waals surface area (Å²) in [6, 6.07) is 0. The van der Waals surface area contributed by atoms with E-state index in [0.717, 1.165) is 27.6 Å². The molecule has 0 amide bonds. The predicted octanol–water partition coefficient (Wildman–Crippen LogP) is 1.88. The Morgan fingerprint density at radius 1 is 1.50 bits per heavy atom. The first kappa shape index (κ1) is 14.8. The second-order valence-corrected chi connectivity index (χ2v) is 5.21. The topological polar surface area (TPSA) is 62.9 Å². The van der Waals surface area contributed by atoms with E-state index in [0.29, 0.717) is 18.1 Å². The van der Waals surface area contributed by atoms with Crippen molar-refractivity contribution in [3.63, 3.8) is 0 Å². The van der Waals surface area contributed by atoms with E-state index in [1.807, 2.05) is 39.8 Å². The Morgan fingerprint density at radius 3 is 2.70 bits per heavy atom. The zero-order chi connectivity index (χ0) is 15.0. The molecule has 0 aromatic rings. The van der Waals surface area contributed by atoms with E-state index in [9.17, 15) is 0 Å². The van der Waals surface area contributed by atoms with Crippen LogP contribution in [0.1, 0.15) is 20.8 Å². The highest BCUT2D eigenvalue weighted by molar-refractivity contribution is 6.32. The molecular formula is C14H21ClN4O. The summed E-state index contributed by atoms with van der Waals surface area (Å²) in [5, 5.41) is 3.92. The number of aliphatic imine (C=N–C) groups is 1. The molecule has 2 aliphatic heterocycles. The van der Waals surface area contributed by atoms with Gasteiger partial charge in [-0.1, -0.05) is 11.6 Å². The van der Waals surface area contributed by atoms with Gasteiger partial charge in [0.15, 0.2) is 11.6 Å². The smallest absolute Gasteiger partial charge is 0.201 e. The molecule has 0 aromatic heterocycles. The van der Waals surface area contributed by atoms with Gasteiger partial charge in [-0.25, -0.2) is 0 Å². The molecule has 0 bridgehead atoms. The molecule has 0 saturated heterocycles. The zero-order valence-electron chi connectivity index (χ0n) is 12.5. The summed E-state index contributed by atoms with van der Waals surface area (Å²) >= 11 is 6.40. The van der Waals surface area contributed by atoms with E-state index >= 15 is 0 Å². The maximum atomic E-state index is 6.40. The number of ether oxygens (including phenoxy) is 1. The number of fused-ring (bicyclic) bond motifs is 1. The molecule has 0 saturated carbocycles. The lowest BCUT2D eigenvalue weighted by molar-refractivity contribution is 0.0632. The monoisotopic (exact) mass is 296 g/mol. The number of hydrogen-bond acceptors (Lipinski definition) is 4. The first-order chi connectivity index (χ1) is 9.43. The van der Waals surface area contributed by atoms with Crippen molar-refractivity contribution in [2.24, 2.45) is 10.7 Å². The lowest BCUT2D eigenvalue weighted by atomic mass is 9.99. The summed E-state index contributed by atoms with van der Waals surface area (Å²) < 4.78 is 6.02. The minimum Gasteiger partial charge on any atom is -0.460 e. The van der Waals surface area contributed by atoms with Crippen LogP contribution in [0.25, 0.3) is 0 Å². The molecule has 5 nitrogen and oxygen atoms in total. The highest BCUT2D eigenvalue weighted by Crippen LogP contribution is 2.41. The molecule has 0 spiro atoms. The highest BCUT2D eigenvalue weighted by Gasteiger charge is 2.40. The number of amidine groups is 1. The number of nitrogens with two attached hydrogens (primary N) is 1. The number of rotatable bonds is 3. The lowest BCUT2D eigenvalue weighted by Gasteiger charge is -2.33. The standard InChI is InChI=1S/C14H21ClN4O/c1-6-18-13(16)12-11(17-4)9-7(2)10(15)8(3)19(5)14(9)20-12/h14,17H,6H2,1-5H3,(H2,16,18). The average Bonchev–Trinajstić information content (AvgIpc) is 2.82. The third kappa shape index (κ3) is 2.06. The van der Waals surface area contributed by atoms with Crippen molar-refractivity contribution in [3.8, 4) is 0 Å². The van der Waals surface area contributed by atoms with Crippen molar-refractivity contribution >= 4 is 17.4 Å². The Labute approximate surface area is 124 Å². The molecule has 1 unspecified atom stereocenters. The largest absolute Gasteiger partial charge is 0.460 e. The van der Waals surface area contributed by atoms with Gasteiger partial charge < -0.3 is 20.7 Å². The van der Waals surface area contributed by atoms with Gasteiger partial charge in [0, 0.05) is 31.9 Å². The van der Waals surface area contributed by atoms with Gasteiger partial charge in [0.05, 0.1) is 10.7 Å². The van der Waals surface area contributed by atoms with Crippen LogP contribution in [0.3, 0.4) is 0 Å². The van der Waals surface area contributed by atoms with Crippen molar-refractivity contribution in [1.29, 1.82) is 0 Å². The molecule has 6 heteroatoms. The number of halogens is 1. The van der Waals surface area contributed by atoms with Crippen LogP contribution in [-0.2, 0) is 4.74 Å². The summed E-state index contributed by atoms with van der Waals surface area (Å²) in [4.78, 5) is 6.24. The van der Waals surface area contributed by atoms with Crippen LogP contribution in [0.5, 0.6) is 0 Å². The Bertz CT molecular complexity index is 560. The second kappa shape index (κ2) is 5.40. The maximum absolute atomic E-state index is 6.40. The zero-order valence-corrected chi connectivity index (χ0v) is 13.3. The lowest BCUT2D eigenvalue weighted by Crippen LogP contribution is -2.36. The molecular weight excluding hydrogens is 276 g/mol. The minimum absolute atomic E-state index is 0.208. The van der Waals surface area contributed by atoms with E-state index in [4.69, 9.17) is 22.1 Å². The molecule has 2 heterocycles. The SMILES string of the molecule is CCN=C(N)C1=C(NC)C2=C(C)C(Cl)=C(C)N(C)C2O1. The summed E-state index contributed by atoms with van der Waals surface area (Å²) in [5.74, 6) is 1.01. The second-order valence-electron chi connectivity index (χ2n) is 4.83. The van der Waals surface area contributed by atoms with Crippen LogP contribution in [0, 0.1) is 0 Å². The van der Waals surface area contributed by atoms with Gasteiger partial charge >= 0.3 is 0 Å². The first-order valence-corrected chi connectivity index (χ1v) is 7.01. The predicted molar refractivity (Wildman–Crippen MR) is 82.1 cm³/mol. The Hall–Kier alpha value is -1.62. The van der Waals surface area contributed by atoms with Crippen LogP contribution < -0.4 is 11.1 Å². The summed E-state index contributed by atoms with van der Waals surface area (Å²) in [7, 11) is 3.80. The van der Waals surface area contributed by atoms with E-state index in [1.165, 1.54) is 0 Å². The van der Waals surface area contributed by atoms with Gasteiger partial charge in [0.2, 0.25) is 6.23 Å². The summed E-state index contributed by atoms with van der Waals surface area (Å²) in [5.41, 5.74) is 9.89. The van der Waals surface area contributed by atoms with Gasteiger partial charge in [-0.05, 0) is 26.3 Å². The fraction of sp³-hybridized carbons (Fsp3) is 0.500. The van der Waals surface area contributed by atoms with Gasteiger partial charge in [0.1, 0.15) is 0 Å². The number of nitrogens with one attached hydrogen (secondary N) is 1. The van der Waals surface area contributed by atoms with Crippen LogP contribution in [-0.4, -0.2) is 37.6 Å².